The first kappa shape index (κ1) is 19.3. The molecular formula is C20H19Cl2N3O2. The standard InChI is InChI=1S/C20H19Cl2N3O2/c1-25-10-9-23-20(25)19(14-5-3-4-6-17(14)27-2)24-18(26)12-13-7-8-15(21)16(22)11-13/h3-11,19H,12H2,1-2H3,(H,24,26)/t19-/m0/s1. The van der Waals surface area contributed by atoms with Crippen molar-refractivity contribution in [3.05, 3.63) is 81.9 Å². The zero-order chi connectivity index (χ0) is 19.4. The molecule has 0 saturated heterocycles. The summed E-state index contributed by atoms with van der Waals surface area (Å²) in [5.41, 5.74) is 1.61. The number of ether oxygens (including phenoxy) is 1. The fourth-order valence-electron chi connectivity index (χ4n) is 2.89. The van der Waals surface area contributed by atoms with E-state index >= 15 is 0 Å². The molecular weight excluding hydrogens is 385 g/mol. The zero-order valence-electron chi connectivity index (χ0n) is 14.9. The van der Waals surface area contributed by atoms with Crippen LogP contribution in [0.3, 0.4) is 0 Å². The van der Waals surface area contributed by atoms with Crippen LogP contribution in [0.25, 0.3) is 0 Å². The fourth-order valence-corrected chi connectivity index (χ4v) is 3.21. The molecule has 27 heavy (non-hydrogen) atoms. The van der Waals surface area contributed by atoms with E-state index in [9.17, 15) is 4.79 Å². The van der Waals surface area contributed by atoms with Crippen LogP contribution in [-0.2, 0) is 18.3 Å². The summed E-state index contributed by atoms with van der Waals surface area (Å²) in [4.78, 5) is 17.1. The third kappa shape index (κ3) is 4.43. The Hall–Kier alpha value is -2.50. The molecule has 0 fully saturated rings. The number of nitrogens with zero attached hydrogens (tertiary/aromatic N) is 2. The number of methoxy groups -OCH3 is 1. The van der Waals surface area contributed by atoms with E-state index in [4.69, 9.17) is 27.9 Å². The van der Waals surface area contributed by atoms with Crippen LogP contribution < -0.4 is 10.1 Å². The van der Waals surface area contributed by atoms with Crippen molar-refractivity contribution in [2.75, 3.05) is 7.11 Å². The number of hydrogen-bond acceptors (Lipinski definition) is 3. The predicted octanol–water partition coefficient (Wildman–Crippen LogP) is 4.18. The Bertz CT molecular complexity index is 956. The summed E-state index contributed by atoms with van der Waals surface area (Å²) in [6.45, 7) is 0. The predicted molar refractivity (Wildman–Crippen MR) is 106 cm³/mol. The first-order valence-electron chi connectivity index (χ1n) is 8.33. The van der Waals surface area contributed by atoms with Gasteiger partial charge in [0.25, 0.3) is 0 Å². The van der Waals surface area contributed by atoms with E-state index in [0.29, 0.717) is 21.6 Å². The highest BCUT2D eigenvalue weighted by molar-refractivity contribution is 6.42. The van der Waals surface area contributed by atoms with Gasteiger partial charge in [-0.3, -0.25) is 4.79 Å². The van der Waals surface area contributed by atoms with E-state index < -0.39 is 6.04 Å². The lowest BCUT2D eigenvalue weighted by Crippen LogP contribution is -2.32. The van der Waals surface area contributed by atoms with Gasteiger partial charge in [-0.1, -0.05) is 47.5 Å². The lowest BCUT2D eigenvalue weighted by atomic mass is 10.0. The summed E-state index contributed by atoms with van der Waals surface area (Å²) < 4.78 is 7.34. The second-order valence-electron chi connectivity index (χ2n) is 6.06. The van der Waals surface area contributed by atoms with Gasteiger partial charge < -0.3 is 14.6 Å². The van der Waals surface area contributed by atoms with Crippen LogP contribution in [0.4, 0.5) is 0 Å². The third-order valence-electron chi connectivity index (χ3n) is 4.22. The van der Waals surface area contributed by atoms with Crippen LogP contribution in [0.5, 0.6) is 5.75 Å². The number of carbonyl (C=O) groups is 1. The van der Waals surface area contributed by atoms with E-state index in [-0.39, 0.29) is 12.3 Å². The van der Waals surface area contributed by atoms with Crippen molar-refractivity contribution in [2.45, 2.75) is 12.5 Å². The summed E-state index contributed by atoms with van der Waals surface area (Å²) in [5.74, 6) is 1.23. The van der Waals surface area contributed by atoms with Crippen LogP contribution >= 0.6 is 23.2 Å². The van der Waals surface area contributed by atoms with Gasteiger partial charge in [-0.25, -0.2) is 4.98 Å². The van der Waals surface area contributed by atoms with Gasteiger partial charge in [0.1, 0.15) is 17.6 Å². The molecule has 3 aromatic rings. The molecule has 1 N–H and O–H groups in total. The number of halogens is 2. The molecule has 0 unspecified atom stereocenters. The molecule has 7 heteroatoms. The summed E-state index contributed by atoms with van der Waals surface area (Å²) in [7, 11) is 3.49. The highest BCUT2D eigenvalue weighted by Gasteiger charge is 2.23. The molecule has 5 nitrogen and oxygen atoms in total. The van der Waals surface area contributed by atoms with Gasteiger partial charge in [-0.15, -0.1) is 0 Å². The number of rotatable bonds is 6. The molecule has 0 aliphatic carbocycles. The topological polar surface area (TPSA) is 56.1 Å². The normalized spacial score (nSPS) is 11.9. The molecule has 0 bridgehead atoms. The summed E-state index contributed by atoms with van der Waals surface area (Å²) >= 11 is 12.0. The molecule has 0 aliphatic heterocycles. The van der Waals surface area contributed by atoms with E-state index in [1.165, 1.54) is 0 Å². The van der Waals surface area contributed by atoms with Gasteiger partial charge >= 0.3 is 0 Å². The highest BCUT2D eigenvalue weighted by atomic mass is 35.5. The van der Waals surface area contributed by atoms with Gasteiger partial charge in [0.05, 0.1) is 23.6 Å². The lowest BCUT2D eigenvalue weighted by molar-refractivity contribution is -0.121. The molecule has 3 rings (SSSR count). The maximum atomic E-state index is 12.7. The molecule has 1 atom stereocenters. The zero-order valence-corrected chi connectivity index (χ0v) is 16.5. The molecule has 140 valence electrons. The van der Waals surface area contributed by atoms with Crippen molar-refractivity contribution in [1.82, 2.24) is 14.9 Å². The van der Waals surface area contributed by atoms with Gasteiger partial charge in [0.2, 0.25) is 5.91 Å². The summed E-state index contributed by atoms with van der Waals surface area (Å²) in [6, 6.07) is 12.3. The van der Waals surface area contributed by atoms with Gasteiger partial charge in [0.15, 0.2) is 0 Å². The number of benzene rings is 2. The molecule has 0 radical (unpaired) electrons. The van der Waals surface area contributed by atoms with Gasteiger partial charge in [-0.05, 0) is 23.8 Å². The smallest absolute Gasteiger partial charge is 0.225 e. The van der Waals surface area contributed by atoms with Gasteiger partial charge in [0, 0.05) is 25.0 Å². The van der Waals surface area contributed by atoms with Crippen LogP contribution in [0.1, 0.15) is 23.0 Å². The van der Waals surface area contributed by atoms with E-state index in [2.05, 4.69) is 10.3 Å². The first-order valence-corrected chi connectivity index (χ1v) is 9.08. The van der Waals surface area contributed by atoms with Crippen LogP contribution in [0.15, 0.2) is 54.9 Å². The summed E-state index contributed by atoms with van der Waals surface area (Å²) in [5, 5.41) is 3.94. The Balaban J connectivity index is 1.88. The molecule has 0 spiro atoms. The SMILES string of the molecule is COc1ccccc1[C@H](NC(=O)Cc1ccc(Cl)c(Cl)c1)c1nccn1C. The number of aromatic nitrogens is 2. The Kier molecular flexibility index (Phi) is 6.04. The molecule has 1 aromatic heterocycles. The van der Waals surface area contributed by atoms with E-state index in [1.807, 2.05) is 42.1 Å². The Morgan fingerprint density at radius 2 is 2.00 bits per heavy atom. The van der Waals surface area contributed by atoms with Crippen molar-refractivity contribution in [3.63, 3.8) is 0 Å². The minimum Gasteiger partial charge on any atom is -0.496 e. The second-order valence-corrected chi connectivity index (χ2v) is 6.88. The second kappa shape index (κ2) is 8.46. The number of aryl methyl sites for hydroxylation is 1. The van der Waals surface area contributed by atoms with Crippen LogP contribution in [0.2, 0.25) is 10.0 Å². The summed E-state index contributed by atoms with van der Waals surface area (Å²) in [6.07, 6.45) is 3.71. The van der Waals surface area contributed by atoms with Crippen LogP contribution in [-0.4, -0.2) is 22.6 Å². The minimum absolute atomic E-state index is 0.160. The largest absolute Gasteiger partial charge is 0.496 e. The van der Waals surface area contributed by atoms with Crippen molar-refractivity contribution >= 4 is 29.1 Å². The quantitative estimate of drug-likeness (QED) is 0.671. The average molecular weight is 404 g/mol. The molecule has 2 aromatic carbocycles. The van der Waals surface area contributed by atoms with Crippen molar-refractivity contribution in [1.29, 1.82) is 0 Å². The van der Waals surface area contributed by atoms with Gasteiger partial charge in [-0.2, -0.15) is 0 Å². The number of para-hydroxylation sites is 1. The molecule has 0 saturated carbocycles. The monoisotopic (exact) mass is 403 g/mol. The third-order valence-corrected chi connectivity index (χ3v) is 4.96. The Labute approximate surface area is 167 Å². The van der Waals surface area contributed by atoms with Crippen molar-refractivity contribution in [2.24, 2.45) is 7.05 Å². The highest BCUT2D eigenvalue weighted by Crippen LogP contribution is 2.29. The van der Waals surface area contributed by atoms with Crippen LogP contribution in [0, 0.1) is 0 Å². The maximum absolute atomic E-state index is 12.7. The number of imidazole rings is 1. The average Bonchev–Trinajstić information content (AvgIpc) is 3.08. The lowest BCUT2D eigenvalue weighted by Gasteiger charge is -2.21. The fraction of sp³-hybridized carbons (Fsp3) is 0.200. The number of nitrogens with one attached hydrogen (secondary N) is 1. The van der Waals surface area contributed by atoms with Crippen molar-refractivity contribution < 1.29 is 9.53 Å². The Morgan fingerprint density at radius 3 is 2.67 bits per heavy atom. The number of carbonyl (C=O) groups excluding carboxylic acids is 1. The molecule has 1 amide bonds. The molecule has 0 aliphatic rings. The Morgan fingerprint density at radius 1 is 1.22 bits per heavy atom. The number of amides is 1. The minimum atomic E-state index is -0.448. The van der Waals surface area contributed by atoms with E-state index in [0.717, 1.165) is 11.1 Å². The van der Waals surface area contributed by atoms with E-state index in [1.54, 1.807) is 31.5 Å². The maximum Gasteiger partial charge on any atom is 0.225 e. The first-order chi connectivity index (χ1) is 13.0. The molecule has 1 heterocycles. The number of hydrogen-bond donors (Lipinski definition) is 1. The van der Waals surface area contributed by atoms with Crippen molar-refractivity contribution in [3.8, 4) is 5.75 Å².